The average Bonchev–Trinajstić information content (AvgIpc) is 2.70. The van der Waals surface area contributed by atoms with Gasteiger partial charge in [0.05, 0.1) is 0 Å². The minimum Gasteiger partial charge on any atom is -0.310 e. The molecule has 1 atom stereocenters. The fourth-order valence-electron chi connectivity index (χ4n) is 1.68. The van der Waals surface area contributed by atoms with Gasteiger partial charge in [-0.3, -0.25) is 0 Å². The normalized spacial score (nSPS) is 24.6. The molecule has 1 aliphatic heterocycles. The van der Waals surface area contributed by atoms with Gasteiger partial charge in [0.15, 0.2) is 0 Å². The van der Waals surface area contributed by atoms with Gasteiger partial charge < -0.3 is 4.55 Å². The van der Waals surface area contributed by atoms with Crippen LogP contribution in [0.1, 0.15) is 26.7 Å². The van der Waals surface area contributed by atoms with E-state index in [4.69, 9.17) is 4.55 Å². The number of nitrogens with zero attached hydrogens (tertiary/aromatic N) is 1. The third-order valence-electron chi connectivity index (χ3n) is 2.58. The van der Waals surface area contributed by atoms with Crippen LogP contribution in [0, 0.1) is 0 Å². The van der Waals surface area contributed by atoms with Crippen molar-refractivity contribution in [3.63, 3.8) is 0 Å². The summed E-state index contributed by atoms with van der Waals surface area (Å²) in [4.78, 5) is 0.692. The molecule has 3 nitrogen and oxygen atoms in total. The van der Waals surface area contributed by atoms with E-state index >= 15 is 0 Å². The Hall–Kier alpha value is -0.550. The van der Waals surface area contributed by atoms with E-state index in [1.807, 2.05) is 36.4 Å². The highest BCUT2D eigenvalue weighted by atomic mass is 32.3. The van der Waals surface area contributed by atoms with Crippen molar-refractivity contribution in [3.8, 4) is 0 Å². The molecule has 0 saturated carbocycles. The maximum atomic E-state index is 10.3. The van der Waals surface area contributed by atoms with E-state index in [1.165, 1.54) is 0 Å². The maximum Gasteiger partial charge on any atom is 0.115 e. The summed E-state index contributed by atoms with van der Waals surface area (Å²) in [5, 5.41) is 0. The summed E-state index contributed by atoms with van der Waals surface area (Å²) in [6, 6.07) is 0. The van der Waals surface area contributed by atoms with Crippen molar-refractivity contribution in [2.24, 2.45) is 0 Å². The van der Waals surface area contributed by atoms with Crippen LogP contribution in [0.4, 0.5) is 0 Å². The number of rotatable bonds is 4. The molecule has 0 aliphatic carbocycles. The minimum atomic E-state index is -2.53. The SMILES string of the molecule is C=C(C)/C=C\C(=C/C)S(O)([OH2+])N1CCCC1. The summed E-state index contributed by atoms with van der Waals surface area (Å²) in [6.07, 6.45) is 7.63. The molecule has 3 N–H and O–H groups in total. The van der Waals surface area contributed by atoms with E-state index in [2.05, 4.69) is 6.58 Å². The molecular weight excluding hydrogens is 222 g/mol. The second-order valence-electron chi connectivity index (χ2n) is 4.06. The summed E-state index contributed by atoms with van der Waals surface area (Å²) in [5.74, 6) is 0. The second-order valence-corrected chi connectivity index (χ2v) is 6.14. The Balaban J connectivity index is 2.82. The highest BCUT2D eigenvalue weighted by Gasteiger charge is 2.31. The molecule has 0 aromatic carbocycles. The van der Waals surface area contributed by atoms with E-state index < -0.39 is 10.8 Å². The molecule has 92 valence electrons. The van der Waals surface area contributed by atoms with Gasteiger partial charge in [-0.15, -0.1) is 0 Å². The molecule has 1 heterocycles. The molecule has 1 fully saturated rings. The molecule has 0 amide bonds. The smallest absolute Gasteiger partial charge is 0.115 e. The van der Waals surface area contributed by atoms with Gasteiger partial charge in [0.1, 0.15) is 4.91 Å². The highest BCUT2D eigenvalue weighted by Crippen LogP contribution is 2.53. The first-order valence-electron chi connectivity index (χ1n) is 5.54. The molecule has 0 radical (unpaired) electrons. The number of allylic oxidation sites excluding steroid dienone is 4. The fraction of sp³-hybridized carbons (Fsp3) is 0.500. The monoisotopic (exact) mass is 244 g/mol. The van der Waals surface area contributed by atoms with Crippen LogP contribution >= 0.6 is 10.8 Å². The Bertz CT molecular complexity index is 315. The average molecular weight is 244 g/mol. The topological polar surface area (TPSA) is 46.4 Å². The van der Waals surface area contributed by atoms with E-state index in [0.29, 0.717) is 4.91 Å². The summed E-state index contributed by atoms with van der Waals surface area (Å²) in [6.45, 7) is 9.20. The van der Waals surface area contributed by atoms with E-state index in [0.717, 1.165) is 31.5 Å². The van der Waals surface area contributed by atoms with Crippen LogP contribution in [0.3, 0.4) is 0 Å². The van der Waals surface area contributed by atoms with Gasteiger partial charge in [-0.2, -0.15) is 4.31 Å². The fourth-order valence-corrected chi connectivity index (χ4v) is 3.35. The van der Waals surface area contributed by atoms with Gasteiger partial charge >= 0.3 is 0 Å². The van der Waals surface area contributed by atoms with Crippen LogP contribution in [0.2, 0.25) is 0 Å². The van der Waals surface area contributed by atoms with Crippen molar-refractivity contribution >= 4 is 10.8 Å². The van der Waals surface area contributed by atoms with Crippen LogP contribution in [0.25, 0.3) is 0 Å². The lowest BCUT2D eigenvalue weighted by atomic mass is 10.3. The lowest BCUT2D eigenvalue weighted by Gasteiger charge is -2.36. The molecule has 1 unspecified atom stereocenters. The Morgan fingerprint density at radius 3 is 2.38 bits per heavy atom. The minimum absolute atomic E-state index is 0.692. The van der Waals surface area contributed by atoms with Gasteiger partial charge in [-0.1, -0.05) is 24.3 Å². The first-order chi connectivity index (χ1) is 7.48. The van der Waals surface area contributed by atoms with Gasteiger partial charge in [0, 0.05) is 13.1 Å². The van der Waals surface area contributed by atoms with E-state index in [1.54, 1.807) is 0 Å². The van der Waals surface area contributed by atoms with Crippen molar-refractivity contribution in [1.29, 1.82) is 0 Å². The molecule has 0 aromatic heterocycles. The van der Waals surface area contributed by atoms with Crippen molar-refractivity contribution in [3.05, 3.63) is 35.3 Å². The molecular formula is C12H22NO2S+. The predicted molar refractivity (Wildman–Crippen MR) is 72.4 cm³/mol. The molecule has 0 spiro atoms. The van der Waals surface area contributed by atoms with Crippen LogP contribution < -0.4 is 0 Å². The third-order valence-corrected chi connectivity index (χ3v) is 4.73. The second kappa shape index (κ2) is 5.68. The number of hydrogen-bond acceptors (Lipinski definition) is 2. The molecule has 1 rings (SSSR count). The molecule has 16 heavy (non-hydrogen) atoms. The Kier molecular flexibility index (Phi) is 4.80. The van der Waals surface area contributed by atoms with Crippen LogP contribution in [0.5, 0.6) is 0 Å². The van der Waals surface area contributed by atoms with E-state index in [9.17, 15) is 4.55 Å². The summed E-state index contributed by atoms with van der Waals surface area (Å²) < 4.78 is 20.3. The lowest BCUT2D eigenvalue weighted by molar-refractivity contribution is 0.395. The van der Waals surface area contributed by atoms with Crippen molar-refractivity contribution in [2.75, 3.05) is 13.1 Å². The lowest BCUT2D eigenvalue weighted by Crippen LogP contribution is -2.24. The van der Waals surface area contributed by atoms with Crippen molar-refractivity contribution in [2.45, 2.75) is 26.7 Å². The maximum absolute atomic E-state index is 10.3. The summed E-state index contributed by atoms with van der Waals surface area (Å²) >= 11 is 0. The third kappa shape index (κ3) is 3.22. The standard InChI is InChI=1S/C12H21NO2S/c1-4-12(8-7-11(2)3)16(14,15)13-9-5-6-10-13/h4,7-8,14-15H,2,5-6,9-10H2,1,3H3/p+1/b8-7-,12-4+. The first-order valence-corrected chi connectivity index (χ1v) is 7.08. The van der Waals surface area contributed by atoms with Gasteiger partial charge in [-0.25, -0.2) is 4.55 Å². The quantitative estimate of drug-likeness (QED) is 0.610. The van der Waals surface area contributed by atoms with Crippen LogP contribution in [-0.4, -0.2) is 26.5 Å². The van der Waals surface area contributed by atoms with Gasteiger partial charge in [0.25, 0.3) is 0 Å². The molecule has 0 bridgehead atoms. The van der Waals surface area contributed by atoms with Gasteiger partial charge in [-0.05, 0) is 43.5 Å². The Labute approximate surface area is 99.6 Å². The van der Waals surface area contributed by atoms with Gasteiger partial charge in [0.2, 0.25) is 0 Å². The highest BCUT2D eigenvalue weighted by molar-refractivity contribution is 8.25. The van der Waals surface area contributed by atoms with Crippen LogP contribution in [-0.2, 0) is 0 Å². The van der Waals surface area contributed by atoms with Crippen molar-refractivity contribution < 1.29 is 9.11 Å². The van der Waals surface area contributed by atoms with Crippen LogP contribution in [0.15, 0.2) is 35.3 Å². The molecule has 4 heteroatoms. The molecule has 0 aromatic rings. The van der Waals surface area contributed by atoms with E-state index in [-0.39, 0.29) is 0 Å². The first kappa shape index (κ1) is 13.5. The number of hydrogen-bond donors (Lipinski definition) is 1. The molecule has 1 aliphatic rings. The Morgan fingerprint density at radius 2 is 1.94 bits per heavy atom. The summed E-state index contributed by atoms with van der Waals surface area (Å²) in [5.41, 5.74) is 0.927. The summed E-state index contributed by atoms with van der Waals surface area (Å²) in [7, 11) is -2.53. The predicted octanol–water partition coefficient (Wildman–Crippen LogP) is 2.95. The zero-order chi connectivity index (χ0) is 12.2. The Morgan fingerprint density at radius 1 is 1.38 bits per heavy atom. The zero-order valence-electron chi connectivity index (χ0n) is 10.1. The van der Waals surface area contributed by atoms with Crippen molar-refractivity contribution in [1.82, 2.24) is 4.31 Å². The molecule has 1 saturated heterocycles. The largest absolute Gasteiger partial charge is 0.310 e. The zero-order valence-corrected chi connectivity index (χ0v) is 10.9.